The summed E-state index contributed by atoms with van der Waals surface area (Å²) in [5, 5.41) is 7.43. The van der Waals surface area contributed by atoms with E-state index in [-0.39, 0.29) is 11.9 Å². The Morgan fingerprint density at radius 1 is 1.35 bits per heavy atom. The van der Waals surface area contributed by atoms with Gasteiger partial charge in [-0.15, -0.1) is 0 Å². The summed E-state index contributed by atoms with van der Waals surface area (Å²) in [5.74, 6) is 0.730. The third kappa shape index (κ3) is 3.77. The van der Waals surface area contributed by atoms with Gasteiger partial charge in [-0.3, -0.25) is 14.4 Å². The van der Waals surface area contributed by atoms with E-state index in [1.54, 1.807) is 0 Å². The zero-order valence-corrected chi connectivity index (χ0v) is 16.3. The zero-order valence-electron chi connectivity index (χ0n) is 16.3. The molecule has 2 aromatic rings. The standard InChI is InChI=1S/C19H28N6O/c1-12-17(13(2)24(5)23-12)11-25-8-6-7-18(25)19-16(10-21-15(4)26)9-20-14(3)22-19/h9,18H,6-8,10-11H2,1-5H3,(H,21,26). The monoisotopic (exact) mass is 356 g/mol. The highest BCUT2D eigenvalue weighted by atomic mass is 16.1. The highest BCUT2D eigenvalue weighted by Crippen LogP contribution is 2.34. The van der Waals surface area contributed by atoms with E-state index in [2.05, 4.69) is 34.1 Å². The number of aryl methyl sites for hydroxylation is 3. The van der Waals surface area contributed by atoms with Gasteiger partial charge < -0.3 is 5.32 Å². The molecule has 1 aliphatic rings. The maximum absolute atomic E-state index is 11.3. The molecule has 140 valence electrons. The molecule has 0 spiro atoms. The highest BCUT2D eigenvalue weighted by Gasteiger charge is 2.30. The van der Waals surface area contributed by atoms with Crippen molar-refractivity contribution in [1.29, 1.82) is 0 Å². The average molecular weight is 356 g/mol. The number of hydrogen-bond donors (Lipinski definition) is 1. The van der Waals surface area contributed by atoms with Crippen LogP contribution in [0.15, 0.2) is 6.20 Å². The Morgan fingerprint density at radius 3 is 2.77 bits per heavy atom. The van der Waals surface area contributed by atoms with E-state index < -0.39 is 0 Å². The van der Waals surface area contributed by atoms with Crippen LogP contribution in [0.1, 0.15) is 59.8 Å². The summed E-state index contributed by atoms with van der Waals surface area (Å²) >= 11 is 0. The van der Waals surface area contributed by atoms with Crippen molar-refractivity contribution in [2.45, 2.75) is 59.7 Å². The van der Waals surface area contributed by atoms with Crippen LogP contribution in [0.25, 0.3) is 0 Å². The summed E-state index contributed by atoms with van der Waals surface area (Å²) in [4.78, 5) is 22.9. The van der Waals surface area contributed by atoms with Crippen LogP contribution in [0.4, 0.5) is 0 Å². The molecule has 2 aromatic heterocycles. The Kier molecular flexibility index (Phi) is 5.36. The number of carbonyl (C=O) groups excluding carboxylic acids is 1. The van der Waals surface area contributed by atoms with E-state index in [0.29, 0.717) is 6.54 Å². The summed E-state index contributed by atoms with van der Waals surface area (Å²) in [7, 11) is 1.99. The second kappa shape index (κ2) is 7.53. The van der Waals surface area contributed by atoms with Gasteiger partial charge in [0.1, 0.15) is 5.82 Å². The lowest BCUT2D eigenvalue weighted by atomic mass is 10.0. The van der Waals surface area contributed by atoms with Crippen LogP contribution in [-0.4, -0.2) is 37.1 Å². The molecule has 0 saturated carbocycles. The molecule has 1 amide bonds. The number of likely N-dealkylation sites (tertiary alicyclic amines) is 1. The van der Waals surface area contributed by atoms with Crippen molar-refractivity contribution < 1.29 is 4.79 Å². The Hall–Kier alpha value is -2.28. The van der Waals surface area contributed by atoms with Gasteiger partial charge in [-0.05, 0) is 40.2 Å². The number of hydrogen-bond acceptors (Lipinski definition) is 5. The molecule has 0 aliphatic carbocycles. The van der Waals surface area contributed by atoms with Crippen molar-refractivity contribution in [3.8, 4) is 0 Å². The van der Waals surface area contributed by atoms with E-state index in [1.807, 2.05) is 24.9 Å². The molecule has 1 saturated heterocycles. The zero-order chi connectivity index (χ0) is 18.8. The molecule has 0 aromatic carbocycles. The molecular weight excluding hydrogens is 328 g/mol. The number of aromatic nitrogens is 4. The molecule has 0 radical (unpaired) electrons. The Balaban J connectivity index is 1.88. The minimum absolute atomic E-state index is 0.0404. The normalized spacial score (nSPS) is 17.7. The van der Waals surface area contributed by atoms with E-state index in [9.17, 15) is 4.79 Å². The quantitative estimate of drug-likeness (QED) is 0.888. The van der Waals surface area contributed by atoms with Crippen molar-refractivity contribution in [3.63, 3.8) is 0 Å². The van der Waals surface area contributed by atoms with Crippen molar-refractivity contribution in [1.82, 2.24) is 30.0 Å². The Labute approximate surface area is 154 Å². The van der Waals surface area contributed by atoms with Gasteiger partial charge in [0, 0.05) is 50.1 Å². The molecule has 1 atom stereocenters. The van der Waals surface area contributed by atoms with Crippen LogP contribution in [0, 0.1) is 20.8 Å². The Morgan fingerprint density at radius 2 is 2.12 bits per heavy atom. The van der Waals surface area contributed by atoms with E-state index >= 15 is 0 Å². The topological polar surface area (TPSA) is 75.9 Å². The first-order valence-corrected chi connectivity index (χ1v) is 9.16. The van der Waals surface area contributed by atoms with Crippen LogP contribution in [0.5, 0.6) is 0 Å². The fourth-order valence-electron chi connectivity index (χ4n) is 3.73. The number of nitrogens with zero attached hydrogens (tertiary/aromatic N) is 5. The first kappa shape index (κ1) is 18.5. The maximum atomic E-state index is 11.3. The molecule has 1 N–H and O–H groups in total. The van der Waals surface area contributed by atoms with E-state index in [4.69, 9.17) is 4.98 Å². The van der Waals surface area contributed by atoms with Crippen LogP contribution >= 0.6 is 0 Å². The van der Waals surface area contributed by atoms with Crippen LogP contribution in [0.3, 0.4) is 0 Å². The van der Waals surface area contributed by atoms with Gasteiger partial charge in [0.15, 0.2) is 0 Å². The molecule has 0 bridgehead atoms. The molecular formula is C19H28N6O. The minimum Gasteiger partial charge on any atom is -0.352 e. The first-order valence-electron chi connectivity index (χ1n) is 9.16. The van der Waals surface area contributed by atoms with Gasteiger partial charge in [-0.1, -0.05) is 0 Å². The number of nitrogens with one attached hydrogen (secondary N) is 1. The molecule has 3 heterocycles. The van der Waals surface area contributed by atoms with Gasteiger partial charge >= 0.3 is 0 Å². The van der Waals surface area contributed by atoms with E-state index in [0.717, 1.165) is 48.7 Å². The summed E-state index contributed by atoms with van der Waals surface area (Å²) in [6.07, 6.45) is 4.07. The van der Waals surface area contributed by atoms with Crippen LogP contribution in [0.2, 0.25) is 0 Å². The maximum Gasteiger partial charge on any atom is 0.217 e. The second-order valence-corrected chi connectivity index (χ2v) is 7.14. The molecule has 1 fully saturated rings. The van der Waals surface area contributed by atoms with Gasteiger partial charge in [0.2, 0.25) is 5.91 Å². The molecule has 1 unspecified atom stereocenters. The lowest BCUT2D eigenvalue weighted by molar-refractivity contribution is -0.119. The summed E-state index contributed by atoms with van der Waals surface area (Å²) in [6.45, 7) is 10.0. The molecule has 26 heavy (non-hydrogen) atoms. The van der Waals surface area contributed by atoms with Crippen LogP contribution < -0.4 is 5.32 Å². The fraction of sp³-hybridized carbons (Fsp3) is 0.579. The summed E-state index contributed by atoms with van der Waals surface area (Å²) in [6, 6.07) is 0.250. The van der Waals surface area contributed by atoms with Crippen molar-refractivity contribution >= 4 is 5.91 Å². The van der Waals surface area contributed by atoms with Crippen molar-refractivity contribution in [2.24, 2.45) is 7.05 Å². The predicted octanol–water partition coefficient (Wildman–Crippen LogP) is 2.11. The van der Waals surface area contributed by atoms with E-state index in [1.165, 1.54) is 18.2 Å². The van der Waals surface area contributed by atoms with Gasteiger partial charge in [-0.25, -0.2) is 9.97 Å². The Bertz CT molecular complexity index is 813. The number of amides is 1. The second-order valence-electron chi connectivity index (χ2n) is 7.14. The van der Waals surface area contributed by atoms with Gasteiger partial charge in [-0.2, -0.15) is 5.10 Å². The van der Waals surface area contributed by atoms with Gasteiger partial charge in [0.25, 0.3) is 0 Å². The third-order valence-electron chi connectivity index (χ3n) is 5.25. The smallest absolute Gasteiger partial charge is 0.217 e. The van der Waals surface area contributed by atoms with Crippen molar-refractivity contribution in [2.75, 3.05) is 6.54 Å². The number of carbonyl (C=O) groups is 1. The lowest BCUT2D eigenvalue weighted by Crippen LogP contribution is -2.27. The first-order chi connectivity index (χ1) is 12.4. The fourth-order valence-corrected chi connectivity index (χ4v) is 3.73. The largest absolute Gasteiger partial charge is 0.352 e. The molecule has 7 nitrogen and oxygen atoms in total. The summed E-state index contributed by atoms with van der Waals surface area (Å²) in [5.41, 5.74) is 5.65. The number of rotatable bonds is 5. The summed E-state index contributed by atoms with van der Waals surface area (Å²) < 4.78 is 1.95. The van der Waals surface area contributed by atoms with Gasteiger partial charge in [0.05, 0.1) is 17.4 Å². The third-order valence-corrected chi connectivity index (χ3v) is 5.25. The average Bonchev–Trinajstić information content (AvgIpc) is 3.14. The van der Waals surface area contributed by atoms with Crippen LogP contribution in [-0.2, 0) is 24.9 Å². The van der Waals surface area contributed by atoms with Crippen molar-refractivity contribution in [3.05, 3.63) is 40.2 Å². The lowest BCUT2D eigenvalue weighted by Gasteiger charge is -2.26. The SMILES string of the molecule is CC(=O)NCc1cnc(C)nc1C1CCCN1Cc1c(C)nn(C)c1C. The molecule has 7 heteroatoms. The molecule has 3 rings (SSSR count). The highest BCUT2D eigenvalue weighted by molar-refractivity contribution is 5.72. The molecule has 1 aliphatic heterocycles. The predicted molar refractivity (Wildman–Crippen MR) is 99.4 cm³/mol. The minimum atomic E-state index is -0.0404.